The van der Waals surface area contributed by atoms with Gasteiger partial charge in [0.2, 0.25) is 20.8 Å². The lowest BCUT2D eigenvalue weighted by Crippen LogP contribution is -2.23. The molecule has 1 heterocycles. The van der Waals surface area contributed by atoms with Gasteiger partial charge in [0.15, 0.2) is 0 Å². The van der Waals surface area contributed by atoms with Gasteiger partial charge in [0, 0.05) is 11.8 Å². The summed E-state index contributed by atoms with van der Waals surface area (Å²) in [4.78, 5) is 11.2. The van der Waals surface area contributed by atoms with Crippen molar-refractivity contribution in [3.05, 3.63) is 21.9 Å². The van der Waals surface area contributed by atoms with Crippen LogP contribution in [0.4, 0.5) is 18.9 Å². The van der Waals surface area contributed by atoms with Crippen LogP contribution in [0.1, 0.15) is 5.56 Å². The molecule has 106 valence electrons. The second-order valence-electron chi connectivity index (χ2n) is 3.27. The Bertz CT molecular complexity index is 628. The van der Waals surface area contributed by atoms with Crippen LogP contribution in [0, 0.1) is 17.0 Å². The topological polar surface area (TPSA) is 125 Å². The van der Waals surface area contributed by atoms with E-state index < -0.39 is 37.8 Å². The van der Waals surface area contributed by atoms with Crippen LogP contribution in [-0.4, -0.2) is 24.7 Å². The lowest BCUT2D eigenvalue weighted by Gasteiger charge is -2.11. The molecule has 12 heteroatoms. The maximum atomic E-state index is 12.1. The van der Waals surface area contributed by atoms with E-state index in [0.29, 0.717) is 6.20 Å². The Morgan fingerprint density at radius 3 is 2.37 bits per heavy atom. The number of nitrogens with two attached hydrogens (primary N) is 1. The SMILES string of the molecule is Cc1cnc(OC(F)(F)F)c(S(N)(=O)=O)c1[N+](=O)[O-]. The quantitative estimate of drug-likeness (QED) is 0.651. The predicted molar refractivity (Wildman–Crippen MR) is 53.7 cm³/mol. The number of sulfonamides is 1. The molecule has 0 aromatic carbocycles. The Morgan fingerprint density at radius 2 is 2.00 bits per heavy atom. The van der Waals surface area contributed by atoms with Crippen molar-refractivity contribution >= 4 is 15.7 Å². The molecule has 1 aromatic heterocycles. The molecule has 0 amide bonds. The molecular formula is C7H6F3N3O5S. The van der Waals surface area contributed by atoms with Crippen LogP contribution in [0.5, 0.6) is 5.88 Å². The van der Waals surface area contributed by atoms with Crippen molar-refractivity contribution < 1.29 is 31.2 Å². The third kappa shape index (κ3) is 3.51. The molecule has 0 bridgehead atoms. The molecule has 0 unspecified atom stereocenters. The number of hydrogen-bond acceptors (Lipinski definition) is 6. The number of ether oxygens (including phenoxy) is 1. The number of nitrogens with zero attached hydrogens (tertiary/aromatic N) is 2. The molecule has 8 nitrogen and oxygen atoms in total. The summed E-state index contributed by atoms with van der Waals surface area (Å²) in [5.74, 6) is -1.49. The standard InChI is InChI=1S/C7H6F3N3O5S/c1-3-2-12-6(18-7(8,9)10)5(19(11,16)17)4(3)13(14)15/h2H,1H3,(H2,11,16,17). The van der Waals surface area contributed by atoms with Gasteiger partial charge in [-0.1, -0.05) is 0 Å². The van der Waals surface area contributed by atoms with E-state index in [9.17, 15) is 31.7 Å². The van der Waals surface area contributed by atoms with Gasteiger partial charge in [-0.15, -0.1) is 13.2 Å². The van der Waals surface area contributed by atoms with Crippen LogP contribution >= 0.6 is 0 Å². The summed E-state index contributed by atoms with van der Waals surface area (Å²) >= 11 is 0. The van der Waals surface area contributed by atoms with Gasteiger partial charge < -0.3 is 4.74 Å². The van der Waals surface area contributed by atoms with Crippen LogP contribution in [-0.2, 0) is 10.0 Å². The van der Waals surface area contributed by atoms with Crippen molar-refractivity contribution in [3.63, 3.8) is 0 Å². The molecule has 0 aliphatic rings. The van der Waals surface area contributed by atoms with Crippen molar-refractivity contribution in [1.29, 1.82) is 0 Å². The average Bonchev–Trinajstić information content (AvgIpc) is 2.15. The first-order valence-corrected chi connectivity index (χ1v) is 5.90. The summed E-state index contributed by atoms with van der Waals surface area (Å²) in [6.45, 7) is 1.09. The monoisotopic (exact) mass is 301 g/mol. The fraction of sp³-hybridized carbons (Fsp3) is 0.286. The Balaban J connectivity index is 3.67. The number of pyridine rings is 1. The number of halogens is 3. The average molecular weight is 301 g/mol. The predicted octanol–water partition coefficient (Wildman–Crippen LogP) is 0.844. The highest BCUT2D eigenvalue weighted by molar-refractivity contribution is 7.89. The smallest absolute Gasteiger partial charge is 0.386 e. The third-order valence-corrected chi connectivity index (χ3v) is 2.77. The minimum Gasteiger partial charge on any atom is -0.386 e. The van der Waals surface area contributed by atoms with Crippen molar-refractivity contribution in [1.82, 2.24) is 4.98 Å². The van der Waals surface area contributed by atoms with Crippen molar-refractivity contribution in [2.24, 2.45) is 5.14 Å². The van der Waals surface area contributed by atoms with Gasteiger partial charge in [0.25, 0.3) is 5.69 Å². The summed E-state index contributed by atoms with van der Waals surface area (Å²) < 4.78 is 62.0. The summed E-state index contributed by atoms with van der Waals surface area (Å²) in [5, 5.41) is 15.4. The van der Waals surface area contributed by atoms with Crippen LogP contribution in [0.3, 0.4) is 0 Å². The number of alkyl halides is 3. The zero-order valence-corrected chi connectivity index (χ0v) is 9.95. The minimum atomic E-state index is -5.27. The van der Waals surface area contributed by atoms with E-state index in [1.165, 1.54) is 0 Å². The number of hydrogen-bond donors (Lipinski definition) is 1. The van der Waals surface area contributed by atoms with Gasteiger partial charge >= 0.3 is 6.36 Å². The first-order chi connectivity index (χ1) is 8.43. The van der Waals surface area contributed by atoms with Crippen LogP contribution in [0.25, 0.3) is 0 Å². The Labute approximate surface area is 104 Å². The van der Waals surface area contributed by atoms with Gasteiger partial charge in [-0.2, -0.15) is 0 Å². The van der Waals surface area contributed by atoms with Crippen molar-refractivity contribution in [2.75, 3.05) is 0 Å². The Kier molecular flexibility index (Phi) is 3.67. The molecule has 0 spiro atoms. The third-order valence-electron chi connectivity index (χ3n) is 1.84. The maximum Gasteiger partial charge on any atom is 0.574 e. The van der Waals surface area contributed by atoms with E-state index in [4.69, 9.17) is 0 Å². The molecule has 0 saturated carbocycles. The molecule has 0 atom stereocenters. The van der Waals surface area contributed by atoms with Gasteiger partial charge in [-0.25, -0.2) is 18.5 Å². The molecule has 0 aliphatic carbocycles. The molecule has 1 aromatic rings. The highest BCUT2D eigenvalue weighted by Gasteiger charge is 2.38. The largest absolute Gasteiger partial charge is 0.574 e. The van der Waals surface area contributed by atoms with Crippen LogP contribution < -0.4 is 9.88 Å². The Morgan fingerprint density at radius 1 is 1.47 bits per heavy atom. The number of nitro groups is 1. The van der Waals surface area contributed by atoms with Crippen LogP contribution in [0.2, 0.25) is 0 Å². The van der Waals surface area contributed by atoms with E-state index in [1.54, 1.807) is 0 Å². The van der Waals surface area contributed by atoms with Crippen molar-refractivity contribution in [3.8, 4) is 5.88 Å². The normalized spacial score (nSPS) is 12.3. The molecule has 0 radical (unpaired) electrons. The summed E-state index contributed by atoms with van der Waals surface area (Å²) in [6.07, 6.45) is -4.59. The number of primary sulfonamides is 1. The fourth-order valence-corrected chi connectivity index (χ4v) is 2.06. The molecule has 0 aliphatic heterocycles. The molecule has 1 rings (SSSR count). The lowest BCUT2D eigenvalue weighted by molar-refractivity contribution is -0.388. The van der Waals surface area contributed by atoms with Crippen molar-refractivity contribution in [2.45, 2.75) is 18.2 Å². The van der Waals surface area contributed by atoms with E-state index in [2.05, 4.69) is 14.9 Å². The summed E-state index contributed by atoms with van der Waals surface area (Å²) in [7, 11) is -4.83. The highest BCUT2D eigenvalue weighted by Crippen LogP contribution is 2.35. The van der Waals surface area contributed by atoms with E-state index in [-0.39, 0.29) is 5.56 Å². The first kappa shape index (κ1) is 15.1. The number of rotatable bonds is 3. The summed E-state index contributed by atoms with van der Waals surface area (Å²) in [5.41, 5.74) is -1.39. The van der Waals surface area contributed by atoms with Gasteiger partial charge in [-0.3, -0.25) is 10.1 Å². The van der Waals surface area contributed by atoms with Gasteiger partial charge in [-0.05, 0) is 6.92 Å². The lowest BCUT2D eigenvalue weighted by atomic mass is 10.2. The van der Waals surface area contributed by atoms with Crippen LogP contribution in [0.15, 0.2) is 11.1 Å². The molecule has 2 N–H and O–H groups in total. The number of aromatic nitrogens is 1. The van der Waals surface area contributed by atoms with E-state index in [1.807, 2.05) is 0 Å². The van der Waals surface area contributed by atoms with Gasteiger partial charge in [0.1, 0.15) is 0 Å². The summed E-state index contributed by atoms with van der Waals surface area (Å²) in [6, 6.07) is 0. The minimum absolute atomic E-state index is 0.274. The Hall–Kier alpha value is -1.95. The van der Waals surface area contributed by atoms with E-state index in [0.717, 1.165) is 6.92 Å². The maximum absolute atomic E-state index is 12.1. The molecule has 0 saturated heterocycles. The zero-order valence-electron chi connectivity index (χ0n) is 9.13. The molecular weight excluding hydrogens is 295 g/mol. The zero-order chi connectivity index (χ0) is 15.0. The van der Waals surface area contributed by atoms with Gasteiger partial charge in [0.05, 0.1) is 4.92 Å². The fourth-order valence-electron chi connectivity index (χ4n) is 1.22. The number of aryl methyl sites for hydroxylation is 1. The second-order valence-corrected chi connectivity index (χ2v) is 4.77. The first-order valence-electron chi connectivity index (χ1n) is 4.36. The second kappa shape index (κ2) is 4.62. The van der Waals surface area contributed by atoms with E-state index >= 15 is 0 Å². The highest BCUT2D eigenvalue weighted by atomic mass is 32.2. The molecule has 0 fully saturated rings. The molecule has 19 heavy (non-hydrogen) atoms.